The van der Waals surface area contributed by atoms with Gasteiger partial charge in [0.2, 0.25) is 0 Å². The first-order valence-corrected chi connectivity index (χ1v) is 4.67. The number of halogens is 2. The topological polar surface area (TPSA) is 49.8 Å². The lowest BCUT2D eigenvalue weighted by atomic mass is 10.2. The van der Waals surface area contributed by atoms with Crippen molar-refractivity contribution in [1.29, 1.82) is 5.26 Å². The number of anilines is 1. The Kier molecular flexibility index (Phi) is 2.73. The maximum atomic E-state index is 8.58. The van der Waals surface area contributed by atoms with Crippen molar-refractivity contribution in [2.24, 2.45) is 0 Å². The highest BCUT2D eigenvalue weighted by Crippen LogP contribution is 2.27. The van der Waals surface area contributed by atoms with Crippen molar-refractivity contribution in [2.45, 2.75) is 0 Å². The molecule has 0 saturated carbocycles. The quantitative estimate of drug-likeness (QED) is 0.589. The Hall–Kier alpha value is -0.280. The Morgan fingerprint density at radius 3 is 2.73 bits per heavy atom. The van der Waals surface area contributed by atoms with Gasteiger partial charge in [0.15, 0.2) is 0 Å². The molecule has 2 nitrogen and oxygen atoms in total. The molecule has 0 amide bonds. The molecule has 0 spiro atoms. The van der Waals surface area contributed by atoms with Crippen molar-refractivity contribution in [3.8, 4) is 6.07 Å². The standard InChI is InChI=1S/C7H4BrIN2/c8-6-5(9)2-1-4(3-10)7(6)11/h1-2H,11H2. The highest BCUT2D eigenvalue weighted by molar-refractivity contribution is 14.1. The van der Waals surface area contributed by atoms with Gasteiger partial charge in [-0.15, -0.1) is 0 Å². The van der Waals surface area contributed by atoms with Crippen LogP contribution in [-0.2, 0) is 0 Å². The van der Waals surface area contributed by atoms with Crippen molar-refractivity contribution >= 4 is 44.2 Å². The molecule has 1 rings (SSSR count). The van der Waals surface area contributed by atoms with Crippen LogP contribution in [0, 0.1) is 14.9 Å². The Morgan fingerprint density at radius 2 is 2.18 bits per heavy atom. The van der Waals surface area contributed by atoms with Crippen LogP contribution in [-0.4, -0.2) is 0 Å². The van der Waals surface area contributed by atoms with Crippen LogP contribution in [0.2, 0.25) is 0 Å². The fourth-order valence-corrected chi connectivity index (χ4v) is 1.48. The third-order valence-corrected chi connectivity index (χ3v) is 3.75. The summed E-state index contributed by atoms with van der Waals surface area (Å²) in [5, 5.41) is 8.58. The third kappa shape index (κ3) is 1.65. The number of hydrogen-bond acceptors (Lipinski definition) is 2. The van der Waals surface area contributed by atoms with Crippen molar-refractivity contribution < 1.29 is 0 Å². The number of nitrogens with zero attached hydrogens (tertiary/aromatic N) is 1. The SMILES string of the molecule is N#Cc1ccc(I)c(Br)c1N. The predicted octanol–water partition coefficient (Wildman–Crippen LogP) is 2.51. The van der Waals surface area contributed by atoms with E-state index in [2.05, 4.69) is 38.5 Å². The van der Waals surface area contributed by atoms with Gasteiger partial charge >= 0.3 is 0 Å². The van der Waals surface area contributed by atoms with E-state index in [1.165, 1.54) is 0 Å². The number of hydrogen-bond donors (Lipinski definition) is 1. The lowest BCUT2D eigenvalue weighted by molar-refractivity contribution is 1.46. The Labute approximate surface area is 86.7 Å². The maximum absolute atomic E-state index is 8.58. The molecule has 1 aromatic carbocycles. The molecule has 0 bridgehead atoms. The van der Waals surface area contributed by atoms with E-state index in [0.29, 0.717) is 11.3 Å². The second kappa shape index (κ2) is 3.41. The summed E-state index contributed by atoms with van der Waals surface area (Å²) in [6.07, 6.45) is 0. The molecule has 0 heterocycles. The van der Waals surface area contributed by atoms with Crippen LogP contribution in [0.3, 0.4) is 0 Å². The number of rotatable bonds is 0. The monoisotopic (exact) mass is 322 g/mol. The van der Waals surface area contributed by atoms with Crippen LogP contribution in [0.5, 0.6) is 0 Å². The van der Waals surface area contributed by atoms with Crippen LogP contribution < -0.4 is 5.73 Å². The first kappa shape index (κ1) is 8.81. The summed E-state index contributed by atoms with van der Waals surface area (Å²) in [6.45, 7) is 0. The molecule has 0 unspecified atom stereocenters. The van der Waals surface area contributed by atoms with E-state index in [9.17, 15) is 0 Å². The van der Waals surface area contributed by atoms with Crippen LogP contribution in [0.25, 0.3) is 0 Å². The number of benzene rings is 1. The number of nitrogen functional groups attached to an aromatic ring is 1. The third-order valence-electron chi connectivity index (χ3n) is 1.25. The molecule has 2 N–H and O–H groups in total. The summed E-state index contributed by atoms with van der Waals surface area (Å²) in [5.41, 5.74) is 6.64. The largest absolute Gasteiger partial charge is 0.397 e. The zero-order chi connectivity index (χ0) is 8.43. The smallest absolute Gasteiger partial charge is 0.101 e. The predicted molar refractivity (Wildman–Crippen MR) is 56.0 cm³/mol. The minimum Gasteiger partial charge on any atom is -0.397 e. The van der Waals surface area contributed by atoms with Crippen LogP contribution in [0.1, 0.15) is 5.56 Å². The van der Waals surface area contributed by atoms with Gasteiger partial charge in [-0.2, -0.15) is 5.26 Å². The molecule has 0 fully saturated rings. The van der Waals surface area contributed by atoms with Gasteiger partial charge in [-0.25, -0.2) is 0 Å². The Morgan fingerprint density at radius 1 is 1.55 bits per heavy atom. The van der Waals surface area contributed by atoms with Crippen molar-refractivity contribution in [2.75, 3.05) is 5.73 Å². The molecule has 0 atom stereocenters. The van der Waals surface area contributed by atoms with E-state index >= 15 is 0 Å². The summed E-state index contributed by atoms with van der Waals surface area (Å²) in [5.74, 6) is 0. The van der Waals surface area contributed by atoms with E-state index in [1.54, 1.807) is 6.07 Å². The second-order valence-corrected chi connectivity index (χ2v) is 3.89. The van der Waals surface area contributed by atoms with E-state index in [0.717, 1.165) is 8.04 Å². The van der Waals surface area contributed by atoms with Crippen LogP contribution in [0.4, 0.5) is 5.69 Å². The fourth-order valence-electron chi connectivity index (χ4n) is 0.664. The molecule has 0 saturated heterocycles. The maximum Gasteiger partial charge on any atom is 0.101 e. The molecule has 1 aromatic rings. The number of nitriles is 1. The second-order valence-electron chi connectivity index (χ2n) is 1.93. The molecule has 56 valence electrons. The zero-order valence-electron chi connectivity index (χ0n) is 5.44. The average Bonchev–Trinajstić information content (AvgIpc) is 2.01. The molecule has 4 heteroatoms. The normalized spacial score (nSPS) is 9.18. The summed E-state index contributed by atoms with van der Waals surface area (Å²) in [4.78, 5) is 0. The van der Waals surface area contributed by atoms with Crippen molar-refractivity contribution in [1.82, 2.24) is 0 Å². The lowest BCUT2D eigenvalue weighted by Gasteiger charge is -2.01. The molecular formula is C7H4BrIN2. The van der Waals surface area contributed by atoms with Gasteiger partial charge in [0.1, 0.15) is 6.07 Å². The average molecular weight is 323 g/mol. The van der Waals surface area contributed by atoms with Crippen molar-refractivity contribution in [3.05, 3.63) is 25.7 Å². The minimum atomic E-state index is 0.511. The first-order valence-electron chi connectivity index (χ1n) is 2.80. The minimum absolute atomic E-state index is 0.511. The van der Waals surface area contributed by atoms with E-state index < -0.39 is 0 Å². The summed E-state index contributed by atoms with van der Waals surface area (Å²) < 4.78 is 1.82. The summed E-state index contributed by atoms with van der Waals surface area (Å²) >= 11 is 5.43. The first-order chi connectivity index (χ1) is 5.16. The summed E-state index contributed by atoms with van der Waals surface area (Å²) in [7, 11) is 0. The van der Waals surface area contributed by atoms with Crippen LogP contribution >= 0.6 is 38.5 Å². The van der Waals surface area contributed by atoms with Gasteiger partial charge in [-0.05, 0) is 50.7 Å². The zero-order valence-corrected chi connectivity index (χ0v) is 9.18. The van der Waals surface area contributed by atoms with Gasteiger partial charge in [-0.3, -0.25) is 0 Å². The van der Waals surface area contributed by atoms with Crippen LogP contribution in [0.15, 0.2) is 16.6 Å². The molecule has 0 radical (unpaired) electrons. The van der Waals surface area contributed by atoms with Gasteiger partial charge in [-0.1, -0.05) is 0 Å². The lowest BCUT2D eigenvalue weighted by Crippen LogP contribution is -1.92. The van der Waals surface area contributed by atoms with E-state index in [-0.39, 0.29) is 0 Å². The molecule has 0 aliphatic heterocycles. The number of nitrogens with two attached hydrogens (primary N) is 1. The Bertz CT molecular complexity index is 330. The van der Waals surface area contributed by atoms with E-state index in [1.807, 2.05) is 12.1 Å². The summed E-state index contributed by atoms with van der Waals surface area (Å²) in [6, 6.07) is 5.56. The fraction of sp³-hybridized carbons (Fsp3) is 0. The van der Waals surface area contributed by atoms with E-state index in [4.69, 9.17) is 11.0 Å². The van der Waals surface area contributed by atoms with Gasteiger partial charge < -0.3 is 5.73 Å². The highest BCUT2D eigenvalue weighted by atomic mass is 127. The molecule has 0 aliphatic rings. The molecule has 0 aromatic heterocycles. The molecule has 0 aliphatic carbocycles. The van der Waals surface area contributed by atoms with Gasteiger partial charge in [0, 0.05) is 3.57 Å². The molecule has 11 heavy (non-hydrogen) atoms. The van der Waals surface area contributed by atoms with Crippen molar-refractivity contribution in [3.63, 3.8) is 0 Å². The van der Waals surface area contributed by atoms with Gasteiger partial charge in [0.25, 0.3) is 0 Å². The molecular weight excluding hydrogens is 319 g/mol. The van der Waals surface area contributed by atoms with Gasteiger partial charge in [0.05, 0.1) is 15.7 Å². The Balaban J connectivity index is 3.40. The highest BCUT2D eigenvalue weighted by Gasteiger charge is 2.04.